The molecule has 2 rings (SSSR count). The van der Waals surface area contributed by atoms with Gasteiger partial charge in [-0.15, -0.1) is 11.3 Å². The molecule has 1 saturated carbocycles. The van der Waals surface area contributed by atoms with Gasteiger partial charge in [-0.25, -0.2) is 4.39 Å². The van der Waals surface area contributed by atoms with E-state index in [-0.39, 0.29) is 29.7 Å². The molecule has 1 aliphatic rings. The number of nitrogens with one attached hydrogen (secondary N) is 1. The summed E-state index contributed by atoms with van der Waals surface area (Å²) in [6, 6.07) is 0. The largest absolute Gasteiger partial charge is 0.393 e. The van der Waals surface area contributed by atoms with Crippen LogP contribution in [0.5, 0.6) is 0 Å². The molecule has 1 heterocycles. The summed E-state index contributed by atoms with van der Waals surface area (Å²) in [4.78, 5) is 11.5. The third-order valence-electron chi connectivity index (χ3n) is 5.99. The van der Waals surface area contributed by atoms with Crippen molar-refractivity contribution in [2.45, 2.75) is 105 Å². The fraction of sp³-hybridized carbons (Fsp3) is 0.741. The zero-order chi connectivity index (χ0) is 26.1. The maximum absolute atomic E-state index is 13.8. The summed E-state index contributed by atoms with van der Waals surface area (Å²) < 4.78 is 19.3. The van der Waals surface area contributed by atoms with E-state index >= 15 is 0 Å². The lowest BCUT2D eigenvalue weighted by atomic mass is 9.90. The molecule has 0 aromatic carbocycles. The highest BCUT2D eigenvalue weighted by molar-refractivity contribution is 7.10. The van der Waals surface area contributed by atoms with Crippen LogP contribution in [-0.4, -0.2) is 48.1 Å². The van der Waals surface area contributed by atoms with Gasteiger partial charge < -0.3 is 20.3 Å². The van der Waals surface area contributed by atoms with Gasteiger partial charge in [0.15, 0.2) is 0 Å². The van der Waals surface area contributed by atoms with E-state index in [1.165, 1.54) is 11.3 Å². The second kappa shape index (κ2) is 19.0. The number of ether oxygens (including phenoxy) is 1. The minimum Gasteiger partial charge on any atom is -0.393 e. The third kappa shape index (κ3) is 11.4. The minimum atomic E-state index is -0.499. The number of halogens is 1. The average molecular weight is 502 g/mol. The average Bonchev–Trinajstić information content (AvgIpc) is 3.30. The van der Waals surface area contributed by atoms with Crippen molar-refractivity contribution in [2.24, 2.45) is 11.8 Å². The van der Waals surface area contributed by atoms with Crippen molar-refractivity contribution in [2.75, 3.05) is 13.7 Å². The Morgan fingerprint density at radius 3 is 2.47 bits per heavy atom. The molecule has 1 aromatic heterocycles. The highest BCUT2D eigenvalue weighted by Gasteiger charge is 2.38. The van der Waals surface area contributed by atoms with Gasteiger partial charge in [0.1, 0.15) is 5.82 Å². The van der Waals surface area contributed by atoms with Crippen molar-refractivity contribution in [3.63, 3.8) is 0 Å². The van der Waals surface area contributed by atoms with Crippen LogP contribution in [0.2, 0.25) is 0 Å². The Morgan fingerprint density at radius 1 is 1.29 bits per heavy atom. The quantitative estimate of drug-likeness (QED) is 0.335. The fourth-order valence-electron chi connectivity index (χ4n) is 4.03. The lowest BCUT2D eigenvalue weighted by Crippen LogP contribution is -2.21. The van der Waals surface area contributed by atoms with Gasteiger partial charge in [-0.1, -0.05) is 52.7 Å². The summed E-state index contributed by atoms with van der Waals surface area (Å²) in [7, 11) is 1.64. The normalized spacial score (nSPS) is 22.5. The van der Waals surface area contributed by atoms with E-state index in [0.29, 0.717) is 31.2 Å². The number of hydrogen-bond donors (Lipinski definition) is 3. The lowest BCUT2D eigenvalue weighted by molar-refractivity contribution is -0.121. The van der Waals surface area contributed by atoms with Crippen molar-refractivity contribution in [3.8, 4) is 0 Å². The topological polar surface area (TPSA) is 78.8 Å². The Balaban J connectivity index is 0.000000836. The zero-order valence-electron chi connectivity index (χ0n) is 22.3. The predicted molar refractivity (Wildman–Crippen MR) is 141 cm³/mol. The van der Waals surface area contributed by atoms with Crippen LogP contribution in [0.4, 0.5) is 4.39 Å². The van der Waals surface area contributed by atoms with Crippen LogP contribution < -0.4 is 5.32 Å². The molecule has 0 radical (unpaired) electrons. The number of carbonyl (C=O) groups is 1. The van der Waals surface area contributed by atoms with Gasteiger partial charge in [-0.05, 0) is 50.0 Å². The highest BCUT2D eigenvalue weighted by atomic mass is 32.1. The maximum atomic E-state index is 13.8. The van der Waals surface area contributed by atoms with Gasteiger partial charge in [0.25, 0.3) is 0 Å². The molecule has 0 unspecified atom stereocenters. The summed E-state index contributed by atoms with van der Waals surface area (Å²) in [6.07, 6.45) is 8.27. The van der Waals surface area contributed by atoms with Crippen LogP contribution in [0.15, 0.2) is 17.5 Å². The second-order valence-corrected chi connectivity index (χ2v) is 9.39. The van der Waals surface area contributed by atoms with E-state index in [0.717, 1.165) is 30.7 Å². The van der Waals surface area contributed by atoms with Crippen LogP contribution in [0, 0.1) is 24.6 Å². The Hall–Kier alpha value is -1.28. The van der Waals surface area contributed by atoms with Gasteiger partial charge in [-0.3, -0.25) is 4.79 Å². The summed E-state index contributed by atoms with van der Waals surface area (Å²) in [5, 5.41) is 24.6. The lowest BCUT2D eigenvalue weighted by Gasteiger charge is -2.19. The number of hydrogen-bond acceptors (Lipinski definition) is 5. The molecule has 198 valence electrons. The first-order chi connectivity index (χ1) is 16.3. The van der Waals surface area contributed by atoms with Crippen LogP contribution in [0.1, 0.15) is 83.6 Å². The molecule has 5 nitrogen and oxygen atoms in total. The number of methoxy groups -OCH3 is 1. The number of aliphatic hydroxyl groups is 2. The van der Waals surface area contributed by atoms with Crippen LogP contribution in [-0.2, 0) is 16.0 Å². The maximum Gasteiger partial charge on any atom is 0.219 e. The SMILES string of the molecule is CC.CCCCC(=O)NCC.CC[C@@H]1[C@@H](/C=C/[C@H](CCc2scc(C)c2F)OC)[C@H](O)C[C@@H]1O. The molecule has 0 aliphatic heterocycles. The van der Waals surface area contributed by atoms with Gasteiger partial charge in [-0.2, -0.15) is 0 Å². The molecular formula is C27H48FNO4S. The monoisotopic (exact) mass is 501 g/mol. The number of carbonyl (C=O) groups excluding carboxylic acids is 1. The molecule has 1 aromatic rings. The van der Waals surface area contributed by atoms with Crippen molar-refractivity contribution >= 4 is 17.2 Å². The van der Waals surface area contributed by atoms with Gasteiger partial charge in [0, 0.05) is 37.3 Å². The molecule has 5 atom stereocenters. The van der Waals surface area contributed by atoms with E-state index in [4.69, 9.17) is 4.74 Å². The fourth-order valence-corrected chi connectivity index (χ4v) is 4.95. The van der Waals surface area contributed by atoms with Gasteiger partial charge in [0.2, 0.25) is 5.91 Å². The second-order valence-electron chi connectivity index (χ2n) is 8.43. The van der Waals surface area contributed by atoms with E-state index in [1.54, 1.807) is 14.0 Å². The molecule has 0 bridgehead atoms. The first-order valence-electron chi connectivity index (χ1n) is 12.8. The standard InChI is InChI=1S/C18H27FO3S.C7H15NO.C2H6/c1-4-13-14(16(21)9-15(13)20)7-5-12(22-3)6-8-17-18(19)11(2)10-23-17;1-3-5-6-7(9)8-4-2;1-2/h5,7,10,12-16,20-21H,4,6,8-9H2,1-3H3;3-6H2,1-2H3,(H,8,9);1-2H3/b7-5+;;/t12-,13-,14-,15+,16-;;/m1../s1. The minimum absolute atomic E-state index is 0.0339. The number of thiophene rings is 1. The number of unbranched alkanes of at least 4 members (excludes halogenated alkanes) is 1. The van der Waals surface area contributed by atoms with E-state index in [2.05, 4.69) is 12.2 Å². The van der Waals surface area contributed by atoms with E-state index < -0.39 is 12.2 Å². The van der Waals surface area contributed by atoms with Crippen LogP contribution in [0.25, 0.3) is 0 Å². The van der Waals surface area contributed by atoms with Crippen molar-refractivity contribution in [1.29, 1.82) is 0 Å². The summed E-state index contributed by atoms with van der Waals surface area (Å²) in [5.74, 6) is 0.137. The summed E-state index contributed by atoms with van der Waals surface area (Å²) in [5.41, 5.74) is 0.698. The number of aliphatic hydroxyl groups excluding tert-OH is 2. The molecule has 0 saturated heterocycles. The van der Waals surface area contributed by atoms with Crippen LogP contribution >= 0.6 is 11.3 Å². The summed E-state index contributed by atoms with van der Waals surface area (Å²) in [6.45, 7) is 12.6. The molecule has 7 heteroatoms. The number of aryl methyl sites for hydroxylation is 2. The van der Waals surface area contributed by atoms with E-state index in [9.17, 15) is 19.4 Å². The first-order valence-corrected chi connectivity index (χ1v) is 13.7. The highest BCUT2D eigenvalue weighted by Crippen LogP contribution is 2.36. The zero-order valence-corrected chi connectivity index (χ0v) is 23.1. The molecule has 0 spiro atoms. The Kier molecular flexibility index (Phi) is 18.3. The first kappa shape index (κ1) is 32.7. The third-order valence-corrected chi connectivity index (χ3v) is 7.13. The van der Waals surface area contributed by atoms with Crippen molar-refractivity contribution in [3.05, 3.63) is 33.8 Å². The number of rotatable bonds is 11. The van der Waals surface area contributed by atoms with E-state index in [1.807, 2.05) is 45.2 Å². The molecule has 1 fully saturated rings. The van der Waals surface area contributed by atoms with Gasteiger partial charge in [0.05, 0.1) is 18.3 Å². The molecule has 1 aliphatic carbocycles. The van der Waals surface area contributed by atoms with Crippen molar-refractivity contribution < 1.29 is 24.1 Å². The Bertz CT molecular complexity index is 694. The predicted octanol–water partition coefficient (Wildman–Crippen LogP) is 5.81. The number of amides is 1. The molecule has 1 amide bonds. The molecule has 3 N–H and O–H groups in total. The smallest absolute Gasteiger partial charge is 0.219 e. The van der Waals surface area contributed by atoms with Gasteiger partial charge >= 0.3 is 0 Å². The Labute approximate surface area is 210 Å². The Morgan fingerprint density at radius 2 is 1.97 bits per heavy atom. The summed E-state index contributed by atoms with van der Waals surface area (Å²) >= 11 is 1.45. The van der Waals surface area contributed by atoms with Crippen LogP contribution in [0.3, 0.4) is 0 Å². The molecular weight excluding hydrogens is 453 g/mol. The molecule has 34 heavy (non-hydrogen) atoms. The van der Waals surface area contributed by atoms with Crippen molar-refractivity contribution in [1.82, 2.24) is 5.32 Å².